The summed E-state index contributed by atoms with van der Waals surface area (Å²) >= 11 is 0. The number of hydrogen-bond donors (Lipinski definition) is 1. The lowest BCUT2D eigenvalue weighted by Crippen LogP contribution is -2.44. The summed E-state index contributed by atoms with van der Waals surface area (Å²) in [4.78, 5) is 13.6. The van der Waals surface area contributed by atoms with Crippen molar-refractivity contribution >= 4 is 5.91 Å². The van der Waals surface area contributed by atoms with E-state index in [-0.39, 0.29) is 5.91 Å². The number of hydrogen-bond acceptors (Lipinski definition) is 1. The molecular weight excluding hydrogens is 330 g/mol. The van der Waals surface area contributed by atoms with Gasteiger partial charge in [-0.05, 0) is 40.7 Å². The second kappa shape index (κ2) is 7.40. The van der Waals surface area contributed by atoms with Crippen molar-refractivity contribution in [2.75, 3.05) is 6.54 Å². The van der Waals surface area contributed by atoms with E-state index in [1.165, 1.54) is 16.7 Å². The Bertz CT molecular complexity index is 900. The Kier molecular flexibility index (Phi) is 4.81. The molecule has 0 aliphatic heterocycles. The maximum atomic E-state index is 13.6. The first-order valence-corrected chi connectivity index (χ1v) is 9.79. The highest BCUT2D eigenvalue weighted by molar-refractivity contribution is 6.00. The van der Waals surface area contributed by atoms with Crippen molar-refractivity contribution in [1.29, 1.82) is 0 Å². The Labute approximate surface area is 161 Å². The number of fused-ring (bicyclic) bond motifs is 3. The van der Waals surface area contributed by atoms with Crippen LogP contribution in [0, 0.1) is 0 Å². The van der Waals surface area contributed by atoms with Crippen molar-refractivity contribution in [3.8, 4) is 11.1 Å². The van der Waals surface area contributed by atoms with Gasteiger partial charge < -0.3 is 5.32 Å². The Morgan fingerprint density at radius 1 is 0.815 bits per heavy atom. The molecule has 27 heavy (non-hydrogen) atoms. The van der Waals surface area contributed by atoms with Crippen LogP contribution in [0.5, 0.6) is 0 Å². The third kappa shape index (κ3) is 2.95. The monoisotopic (exact) mass is 355 g/mol. The number of carbonyl (C=O) groups is 1. The van der Waals surface area contributed by atoms with Gasteiger partial charge >= 0.3 is 0 Å². The summed E-state index contributed by atoms with van der Waals surface area (Å²) in [5.74, 6) is 0.123. The normalized spacial score (nSPS) is 13.7. The topological polar surface area (TPSA) is 29.1 Å². The summed E-state index contributed by atoms with van der Waals surface area (Å²) in [5.41, 5.74) is 5.34. The first kappa shape index (κ1) is 17.5. The van der Waals surface area contributed by atoms with Crippen LogP contribution in [0.1, 0.15) is 36.5 Å². The third-order valence-electron chi connectivity index (χ3n) is 5.62. The van der Waals surface area contributed by atoms with Crippen molar-refractivity contribution in [2.24, 2.45) is 0 Å². The summed E-state index contributed by atoms with van der Waals surface area (Å²) in [6.07, 6.45) is 2.62. The molecule has 1 amide bonds. The molecule has 0 unspecified atom stereocenters. The van der Waals surface area contributed by atoms with E-state index >= 15 is 0 Å². The number of benzene rings is 3. The van der Waals surface area contributed by atoms with Crippen molar-refractivity contribution < 1.29 is 4.79 Å². The van der Waals surface area contributed by atoms with Crippen molar-refractivity contribution in [3.05, 3.63) is 95.6 Å². The number of rotatable bonds is 6. The predicted octanol–water partition coefficient (Wildman–Crippen LogP) is 5.11. The molecule has 0 saturated carbocycles. The van der Waals surface area contributed by atoms with Crippen LogP contribution in [-0.2, 0) is 16.6 Å². The Morgan fingerprint density at radius 2 is 1.37 bits per heavy atom. The lowest BCUT2D eigenvalue weighted by Gasteiger charge is -2.30. The zero-order valence-electron chi connectivity index (χ0n) is 15.7. The molecule has 1 aliphatic carbocycles. The van der Waals surface area contributed by atoms with E-state index in [1.54, 1.807) is 0 Å². The average Bonchev–Trinajstić information content (AvgIpc) is 3.01. The molecule has 2 nitrogen and oxygen atoms in total. The molecule has 0 aromatic heterocycles. The third-order valence-corrected chi connectivity index (χ3v) is 5.62. The average molecular weight is 355 g/mol. The van der Waals surface area contributed by atoms with Gasteiger partial charge in [-0.2, -0.15) is 0 Å². The standard InChI is InChI=1S/C25H25NO/c1-2-17-25(24(27)26-18-16-19-10-4-3-5-11-19)22-14-8-6-12-20(22)21-13-7-9-15-23(21)25/h3-15H,2,16-18H2,1H3,(H,26,27). The van der Waals surface area contributed by atoms with Crippen molar-refractivity contribution in [3.63, 3.8) is 0 Å². The second-order valence-corrected chi connectivity index (χ2v) is 7.24. The molecule has 1 aliphatic rings. The number of nitrogens with one attached hydrogen (secondary N) is 1. The van der Waals surface area contributed by atoms with Gasteiger partial charge in [0.25, 0.3) is 0 Å². The van der Waals surface area contributed by atoms with Crippen molar-refractivity contribution in [1.82, 2.24) is 5.32 Å². The highest BCUT2D eigenvalue weighted by Gasteiger charge is 2.47. The fourth-order valence-electron chi connectivity index (χ4n) is 4.44. The van der Waals surface area contributed by atoms with Crippen LogP contribution in [0.4, 0.5) is 0 Å². The Balaban J connectivity index is 1.67. The van der Waals surface area contributed by atoms with Crippen LogP contribution in [0.2, 0.25) is 0 Å². The minimum atomic E-state index is -0.585. The summed E-state index contributed by atoms with van der Waals surface area (Å²) in [6.45, 7) is 2.81. The SMILES string of the molecule is CCCC1(C(=O)NCCc2ccccc2)c2ccccc2-c2ccccc21. The highest BCUT2D eigenvalue weighted by Crippen LogP contribution is 2.51. The van der Waals surface area contributed by atoms with Crippen LogP contribution in [0.3, 0.4) is 0 Å². The van der Waals surface area contributed by atoms with Gasteiger partial charge in [0, 0.05) is 6.54 Å². The molecule has 3 aromatic rings. The molecule has 3 aromatic carbocycles. The van der Waals surface area contributed by atoms with Crippen LogP contribution in [-0.4, -0.2) is 12.5 Å². The van der Waals surface area contributed by atoms with E-state index in [2.05, 4.69) is 60.8 Å². The number of amides is 1. The maximum Gasteiger partial charge on any atom is 0.235 e. The van der Waals surface area contributed by atoms with E-state index in [4.69, 9.17) is 0 Å². The fourth-order valence-corrected chi connectivity index (χ4v) is 4.44. The van der Waals surface area contributed by atoms with E-state index in [9.17, 15) is 4.79 Å². The Hall–Kier alpha value is -2.87. The summed E-state index contributed by atoms with van der Waals surface area (Å²) in [6, 6.07) is 27.1. The summed E-state index contributed by atoms with van der Waals surface area (Å²) in [5, 5.41) is 3.24. The van der Waals surface area contributed by atoms with Gasteiger partial charge in [-0.1, -0.05) is 92.2 Å². The lowest BCUT2D eigenvalue weighted by atomic mass is 9.74. The number of carbonyl (C=O) groups excluding carboxylic acids is 1. The van der Waals surface area contributed by atoms with Crippen LogP contribution >= 0.6 is 0 Å². The fraction of sp³-hybridized carbons (Fsp3) is 0.240. The van der Waals surface area contributed by atoms with Gasteiger partial charge in [0.05, 0.1) is 0 Å². The zero-order valence-corrected chi connectivity index (χ0v) is 15.7. The second-order valence-electron chi connectivity index (χ2n) is 7.24. The van der Waals surface area contributed by atoms with Crippen LogP contribution in [0.15, 0.2) is 78.9 Å². The van der Waals surface area contributed by atoms with Gasteiger partial charge in [-0.15, -0.1) is 0 Å². The van der Waals surface area contributed by atoms with E-state index < -0.39 is 5.41 Å². The van der Waals surface area contributed by atoms with Crippen molar-refractivity contribution in [2.45, 2.75) is 31.6 Å². The van der Waals surface area contributed by atoms with E-state index in [0.29, 0.717) is 6.54 Å². The first-order chi connectivity index (χ1) is 13.3. The van der Waals surface area contributed by atoms with Gasteiger partial charge in [0.1, 0.15) is 5.41 Å². The minimum absolute atomic E-state index is 0.123. The lowest BCUT2D eigenvalue weighted by molar-refractivity contribution is -0.125. The van der Waals surface area contributed by atoms with Gasteiger partial charge in [-0.3, -0.25) is 4.79 Å². The molecule has 0 radical (unpaired) electrons. The Morgan fingerprint density at radius 3 is 1.96 bits per heavy atom. The first-order valence-electron chi connectivity index (χ1n) is 9.79. The molecule has 0 bridgehead atoms. The molecular formula is C25H25NO. The molecule has 0 spiro atoms. The minimum Gasteiger partial charge on any atom is -0.355 e. The van der Waals surface area contributed by atoms with Gasteiger partial charge in [0.15, 0.2) is 0 Å². The largest absolute Gasteiger partial charge is 0.355 e. The van der Waals surface area contributed by atoms with Crippen LogP contribution in [0.25, 0.3) is 11.1 Å². The van der Waals surface area contributed by atoms with Crippen LogP contribution < -0.4 is 5.32 Å². The molecule has 0 atom stereocenters. The highest BCUT2D eigenvalue weighted by atomic mass is 16.2. The predicted molar refractivity (Wildman–Crippen MR) is 111 cm³/mol. The molecule has 0 fully saturated rings. The molecule has 4 rings (SSSR count). The molecule has 136 valence electrons. The van der Waals surface area contributed by atoms with E-state index in [0.717, 1.165) is 30.4 Å². The maximum absolute atomic E-state index is 13.6. The zero-order chi connectivity index (χ0) is 18.7. The molecule has 1 N–H and O–H groups in total. The summed E-state index contributed by atoms with van der Waals surface area (Å²) in [7, 11) is 0. The molecule has 2 heteroatoms. The quantitative estimate of drug-likeness (QED) is 0.654. The molecule has 0 heterocycles. The van der Waals surface area contributed by atoms with E-state index in [1.807, 2.05) is 30.3 Å². The smallest absolute Gasteiger partial charge is 0.235 e. The van der Waals surface area contributed by atoms with Gasteiger partial charge in [-0.25, -0.2) is 0 Å². The summed E-state index contributed by atoms with van der Waals surface area (Å²) < 4.78 is 0. The van der Waals surface area contributed by atoms with Gasteiger partial charge in [0.2, 0.25) is 5.91 Å². The molecule has 0 saturated heterocycles.